The Morgan fingerprint density at radius 1 is 1.11 bits per heavy atom. The molecule has 8 nitrogen and oxygen atoms in total. The molecule has 0 radical (unpaired) electrons. The van der Waals surface area contributed by atoms with Gasteiger partial charge in [0.1, 0.15) is 11.4 Å². The van der Waals surface area contributed by atoms with Gasteiger partial charge >= 0.3 is 6.18 Å². The number of hydrogen-bond acceptors (Lipinski definition) is 6. The number of alkyl halides is 3. The number of anilines is 2. The Morgan fingerprint density at radius 3 is 2.64 bits per heavy atom. The van der Waals surface area contributed by atoms with E-state index < -0.39 is 17.6 Å². The van der Waals surface area contributed by atoms with Crippen molar-refractivity contribution in [2.75, 3.05) is 37.5 Å². The van der Waals surface area contributed by atoms with Crippen molar-refractivity contribution in [2.24, 2.45) is 0 Å². The summed E-state index contributed by atoms with van der Waals surface area (Å²) < 4.78 is 44.5. The number of nitrogens with one attached hydrogen (secondary N) is 2. The lowest BCUT2D eigenvalue weighted by Crippen LogP contribution is -2.22. The number of aromatic nitrogens is 2. The van der Waals surface area contributed by atoms with Gasteiger partial charge in [-0.1, -0.05) is 0 Å². The lowest BCUT2D eigenvalue weighted by Gasteiger charge is -2.20. The van der Waals surface area contributed by atoms with Crippen LogP contribution in [-0.2, 0) is 6.18 Å². The molecule has 3 aromatic rings. The molecule has 1 aliphatic rings. The molecule has 2 N–H and O–H groups in total. The molecular weight excluding hydrogens is 475 g/mol. The third kappa shape index (κ3) is 5.40. The fraction of sp³-hybridized carbons (Fsp3) is 0.280. The molecular formula is C25H24F3N5O3. The minimum atomic E-state index is -4.56. The molecule has 4 rings (SSSR count). The zero-order valence-corrected chi connectivity index (χ0v) is 19.6. The Hall–Kier alpha value is -4.15. The van der Waals surface area contributed by atoms with Crippen molar-refractivity contribution >= 4 is 23.2 Å². The first kappa shape index (κ1) is 25.0. The van der Waals surface area contributed by atoms with Crippen molar-refractivity contribution in [3.05, 3.63) is 77.4 Å². The van der Waals surface area contributed by atoms with Crippen LogP contribution in [0.15, 0.2) is 55.0 Å². The van der Waals surface area contributed by atoms with Crippen molar-refractivity contribution in [3.8, 4) is 5.75 Å². The van der Waals surface area contributed by atoms with Gasteiger partial charge < -0.3 is 20.3 Å². The topological polar surface area (TPSA) is 96.5 Å². The van der Waals surface area contributed by atoms with Gasteiger partial charge in [0.15, 0.2) is 0 Å². The van der Waals surface area contributed by atoms with Crippen LogP contribution in [0.3, 0.4) is 0 Å². The minimum Gasteiger partial charge on any atom is -0.496 e. The third-order valence-corrected chi connectivity index (χ3v) is 6.01. The molecule has 2 amide bonds. The van der Waals surface area contributed by atoms with E-state index in [-0.39, 0.29) is 23.1 Å². The summed E-state index contributed by atoms with van der Waals surface area (Å²) in [5.41, 5.74) is 1.28. The molecule has 0 aliphatic carbocycles. The summed E-state index contributed by atoms with van der Waals surface area (Å²) in [6, 6.07) is 9.33. The van der Waals surface area contributed by atoms with E-state index >= 15 is 0 Å². The van der Waals surface area contributed by atoms with Crippen LogP contribution in [0.2, 0.25) is 0 Å². The summed E-state index contributed by atoms with van der Waals surface area (Å²) in [7, 11) is 3.08. The highest BCUT2D eigenvalue weighted by atomic mass is 19.4. The van der Waals surface area contributed by atoms with Crippen molar-refractivity contribution in [2.45, 2.75) is 18.5 Å². The van der Waals surface area contributed by atoms with Crippen LogP contribution in [0.1, 0.15) is 44.3 Å². The van der Waals surface area contributed by atoms with E-state index in [1.807, 2.05) is 6.07 Å². The number of amides is 2. The summed E-state index contributed by atoms with van der Waals surface area (Å²) in [6.07, 6.45) is -0.342. The number of nitrogens with zero attached hydrogens (tertiary/aromatic N) is 3. The van der Waals surface area contributed by atoms with Crippen LogP contribution >= 0.6 is 0 Å². The van der Waals surface area contributed by atoms with Crippen molar-refractivity contribution in [1.82, 2.24) is 15.3 Å². The number of benzene rings is 1. The predicted molar refractivity (Wildman–Crippen MR) is 127 cm³/mol. The molecule has 1 fully saturated rings. The van der Waals surface area contributed by atoms with Gasteiger partial charge in [0.2, 0.25) is 0 Å². The molecule has 1 aromatic carbocycles. The van der Waals surface area contributed by atoms with Crippen LogP contribution < -0.4 is 20.3 Å². The number of pyridine rings is 2. The number of hydrogen-bond donors (Lipinski definition) is 2. The van der Waals surface area contributed by atoms with E-state index in [0.29, 0.717) is 24.2 Å². The molecule has 3 heterocycles. The Kier molecular flexibility index (Phi) is 7.09. The second kappa shape index (κ2) is 10.2. The first-order chi connectivity index (χ1) is 17.2. The summed E-state index contributed by atoms with van der Waals surface area (Å²) >= 11 is 0. The summed E-state index contributed by atoms with van der Waals surface area (Å²) in [5.74, 6) is -0.192. The Morgan fingerprint density at radius 2 is 1.92 bits per heavy atom. The highest BCUT2D eigenvalue weighted by Crippen LogP contribution is 2.36. The Bertz CT molecular complexity index is 1280. The van der Waals surface area contributed by atoms with Crippen molar-refractivity contribution in [1.29, 1.82) is 0 Å². The van der Waals surface area contributed by atoms with E-state index in [4.69, 9.17) is 4.74 Å². The highest BCUT2D eigenvalue weighted by molar-refractivity contribution is 6.04. The maximum Gasteiger partial charge on any atom is 0.417 e. The summed E-state index contributed by atoms with van der Waals surface area (Å²) in [4.78, 5) is 34.6. The van der Waals surface area contributed by atoms with Crippen LogP contribution in [0.5, 0.6) is 5.75 Å². The molecule has 188 valence electrons. The maximum absolute atomic E-state index is 13.0. The monoisotopic (exact) mass is 499 g/mol. The average molecular weight is 499 g/mol. The van der Waals surface area contributed by atoms with Gasteiger partial charge in [-0.05, 0) is 48.4 Å². The average Bonchev–Trinajstić information content (AvgIpc) is 3.38. The molecule has 2 aromatic heterocycles. The molecule has 0 spiro atoms. The van der Waals surface area contributed by atoms with Gasteiger partial charge in [0.25, 0.3) is 11.8 Å². The van der Waals surface area contributed by atoms with Gasteiger partial charge in [-0.15, -0.1) is 0 Å². The van der Waals surface area contributed by atoms with Crippen LogP contribution in [-0.4, -0.2) is 49.0 Å². The second-order valence-corrected chi connectivity index (χ2v) is 8.28. The molecule has 0 saturated carbocycles. The second-order valence-electron chi connectivity index (χ2n) is 8.28. The predicted octanol–water partition coefficient (Wildman–Crippen LogP) is 4.11. The molecule has 1 saturated heterocycles. The smallest absolute Gasteiger partial charge is 0.417 e. The number of carbonyl (C=O) groups is 2. The quantitative estimate of drug-likeness (QED) is 0.530. The van der Waals surface area contributed by atoms with Crippen LogP contribution in [0.25, 0.3) is 0 Å². The normalized spacial score (nSPS) is 15.5. The largest absolute Gasteiger partial charge is 0.496 e. The first-order valence-corrected chi connectivity index (χ1v) is 11.1. The maximum atomic E-state index is 13.0. The highest BCUT2D eigenvalue weighted by Gasteiger charge is 2.31. The van der Waals surface area contributed by atoms with Crippen LogP contribution in [0, 0.1) is 0 Å². The van der Waals surface area contributed by atoms with Gasteiger partial charge in [-0.25, -0.2) is 0 Å². The molecule has 1 atom stereocenters. The number of rotatable bonds is 6. The number of carbonyl (C=O) groups excluding carboxylic acids is 2. The van der Waals surface area contributed by atoms with E-state index in [1.165, 1.54) is 7.11 Å². The van der Waals surface area contributed by atoms with Gasteiger partial charge in [-0.3, -0.25) is 19.6 Å². The van der Waals surface area contributed by atoms with Gasteiger partial charge in [-0.2, -0.15) is 13.2 Å². The van der Waals surface area contributed by atoms with E-state index in [0.717, 1.165) is 36.5 Å². The summed E-state index contributed by atoms with van der Waals surface area (Å²) in [6.45, 7) is 1.34. The van der Waals surface area contributed by atoms with Crippen molar-refractivity contribution < 1.29 is 27.5 Å². The first-order valence-electron chi connectivity index (χ1n) is 11.1. The number of ether oxygens (including phenoxy) is 1. The minimum absolute atomic E-state index is 0.0274. The molecule has 0 bridgehead atoms. The molecule has 36 heavy (non-hydrogen) atoms. The summed E-state index contributed by atoms with van der Waals surface area (Å²) in [5, 5.41) is 5.04. The molecule has 1 aliphatic heterocycles. The number of methoxy groups -OCH3 is 1. The van der Waals surface area contributed by atoms with E-state index in [9.17, 15) is 22.8 Å². The van der Waals surface area contributed by atoms with E-state index in [2.05, 4.69) is 25.5 Å². The Balaban J connectivity index is 1.53. The van der Waals surface area contributed by atoms with Crippen molar-refractivity contribution in [3.63, 3.8) is 0 Å². The van der Waals surface area contributed by atoms with E-state index in [1.54, 1.807) is 37.5 Å². The lowest BCUT2D eigenvalue weighted by molar-refractivity contribution is -0.137. The van der Waals surface area contributed by atoms with Gasteiger partial charge in [0.05, 0.1) is 24.6 Å². The molecule has 1 unspecified atom stereocenters. The van der Waals surface area contributed by atoms with Crippen LogP contribution in [0.4, 0.5) is 24.5 Å². The number of halogens is 3. The lowest BCUT2D eigenvalue weighted by atomic mass is 9.95. The SMILES string of the molecule is CNC(=O)c1cc(N2CCC(c3cc(C(=O)Nc4cncc(C(F)(F)F)c4)ccc3OC)C2)ccn1. The third-order valence-electron chi connectivity index (χ3n) is 6.01. The fourth-order valence-electron chi connectivity index (χ4n) is 4.18. The van der Waals surface area contributed by atoms with Gasteiger partial charge in [0, 0.05) is 49.7 Å². The fourth-order valence-corrected chi connectivity index (χ4v) is 4.18. The molecule has 11 heteroatoms. The standard InChI is InChI=1S/C25H24F3N5O3/c1-29-24(35)21-11-19(5-7-31-21)33-8-6-16(14-33)20-9-15(3-4-22(20)36-2)23(34)32-18-10-17(12-30-13-18)25(26,27)28/h3-5,7,9-13,16H,6,8,14H2,1-2H3,(H,29,35)(H,32,34). The Labute approximate surface area is 205 Å². The zero-order chi connectivity index (χ0) is 25.9. The zero-order valence-electron chi connectivity index (χ0n) is 19.6.